The summed E-state index contributed by atoms with van der Waals surface area (Å²) < 4.78 is 0. The van der Waals surface area contributed by atoms with Crippen molar-refractivity contribution < 1.29 is 0 Å². The Balaban J connectivity index is 1.77. The van der Waals surface area contributed by atoms with Crippen LogP contribution in [-0.4, -0.2) is 37.1 Å². The number of likely N-dealkylation sites (tertiary alicyclic amines) is 1. The first-order valence-electron chi connectivity index (χ1n) is 7.13. The maximum Gasteiger partial charge on any atom is 0.108 e. The number of likely N-dealkylation sites (N-methyl/N-ethyl adjacent to an activating group) is 1. The summed E-state index contributed by atoms with van der Waals surface area (Å²) in [6, 6.07) is 2.37. The molecule has 1 N–H and O–H groups in total. The van der Waals surface area contributed by atoms with Crippen LogP contribution < -0.4 is 5.32 Å². The summed E-state index contributed by atoms with van der Waals surface area (Å²) >= 11 is 0. The van der Waals surface area contributed by atoms with Gasteiger partial charge in [-0.1, -0.05) is 19.8 Å². The number of rotatable bonds is 4. The summed E-state index contributed by atoms with van der Waals surface area (Å²) in [5.74, 6) is 0. The van der Waals surface area contributed by atoms with E-state index in [0.29, 0.717) is 5.41 Å². The molecule has 1 saturated carbocycles. The molecular formula is C14H25N3. The van der Waals surface area contributed by atoms with E-state index in [1.54, 1.807) is 0 Å². The zero-order chi connectivity index (χ0) is 12.1. The number of piperidine rings is 1. The van der Waals surface area contributed by atoms with Crippen molar-refractivity contribution in [2.24, 2.45) is 5.41 Å². The van der Waals surface area contributed by atoms with Crippen LogP contribution in [-0.2, 0) is 0 Å². The lowest BCUT2D eigenvalue weighted by molar-refractivity contribution is 0.105. The molecular weight excluding hydrogens is 210 g/mol. The van der Waals surface area contributed by atoms with E-state index in [2.05, 4.69) is 23.2 Å². The Hall–Kier alpha value is -0.590. The van der Waals surface area contributed by atoms with E-state index in [1.807, 2.05) is 0 Å². The van der Waals surface area contributed by atoms with Gasteiger partial charge in [-0.25, -0.2) is 0 Å². The van der Waals surface area contributed by atoms with Crippen LogP contribution in [0.25, 0.3) is 0 Å². The molecule has 1 aliphatic heterocycles. The molecule has 0 amide bonds. The molecule has 2 fully saturated rings. The third kappa shape index (κ3) is 3.20. The molecule has 1 unspecified atom stereocenters. The van der Waals surface area contributed by atoms with Gasteiger partial charge in [0.05, 0.1) is 6.07 Å². The molecule has 1 saturated heterocycles. The van der Waals surface area contributed by atoms with Crippen molar-refractivity contribution in [3.8, 4) is 6.07 Å². The SMILES string of the molecule is CCNC(C#N)CN1CCC2(CCCC2)CC1. The van der Waals surface area contributed by atoms with Crippen LogP contribution in [0.4, 0.5) is 0 Å². The summed E-state index contributed by atoms with van der Waals surface area (Å²) in [5.41, 5.74) is 0.691. The summed E-state index contributed by atoms with van der Waals surface area (Å²) in [6.07, 6.45) is 8.51. The summed E-state index contributed by atoms with van der Waals surface area (Å²) in [5, 5.41) is 12.3. The first-order chi connectivity index (χ1) is 8.28. The second-order valence-corrected chi connectivity index (χ2v) is 5.75. The van der Waals surface area contributed by atoms with Crippen molar-refractivity contribution >= 4 is 0 Å². The molecule has 1 spiro atoms. The number of hydrogen-bond acceptors (Lipinski definition) is 3. The minimum atomic E-state index is 0.0117. The highest BCUT2D eigenvalue weighted by molar-refractivity contribution is 4.95. The van der Waals surface area contributed by atoms with E-state index >= 15 is 0 Å². The smallest absolute Gasteiger partial charge is 0.108 e. The highest BCUT2D eigenvalue weighted by atomic mass is 15.2. The van der Waals surface area contributed by atoms with Gasteiger partial charge in [0.2, 0.25) is 0 Å². The molecule has 3 heteroatoms. The van der Waals surface area contributed by atoms with E-state index in [0.717, 1.165) is 13.1 Å². The monoisotopic (exact) mass is 235 g/mol. The molecule has 1 heterocycles. The van der Waals surface area contributed by atoms with E-state index in [-0.39, 0.29) is 6.04 Å². The maximum atomic E-state index is 9.05. The summed E-state index contributed by atoms with van der Waals surface area (Å²) in [7, 11) is 0. The zero-order valence-electron chi connectivity index (χ0n) is 11.0. The van der Waals surface area contributed by atoms with Crippen LogP contribution in [0.2, 0.25) is 0 Å². The minimum absolute atomic E-state index is 0.0117. The van der Waals surface area contributed by atoms with Gasteiger partial charge in [0.15, 0.2) is 0 Å². The Labute approximate surface area is 105 Å². The van der Waals surface area contributed by atoms with E-state index in [9.17, 15) is 0 Å². The number of nitriles is 1. The van der Waals surface area contributed by atoms with Gasteiger partial charge < -0.3 is 10.2 Å². The predicted molar refractivity (Wildman–Crippen MR) is 69.7 cm³/mol. The lowest BCUT2D eigenvalue weighted by atomic mass is 9.77. The van der Waals surface area contributed by atoms with E-state index in [4.69, 9.17) is 5.26 Å². The zero-order valence-corrected chi connectivity index (χ0v) is 11.0. The second-order valence-electron chi connectivity index (χ2n) is 5.75. The largest absolute Gasteiger partial charge is 0.301 e. The van der Waals surface area contributed by atoms with Gasteiger partial charge in [-0.3, -0.25) is 0 Å². The van der Waals surface area contributed by atoms with Crippen LogP contribution in [0.5, 0.6) is 0 Å². The fourth-order valence-electron chi connectivity index (χ4n) is 3.49. The Bertz CT molecular complexity index is 266. The van der Waals surface area contributed by atoms with Crippen molar-refractivity contribution in [3.63, 3.8) is 0 Å². The van der Waals surface area contributed by atoms with Crippen LogP contribution in [0.3, 0.4) is 0 Å². The van der Waals surface area contributed by atoms with Gasteiger partial charge in [-0.05, 0) is 50.7 Å². The molecule has 1 atom stereocenters. The Morgan fingerprint density at radius 3 is 2.41 bits per heavy atom. The molecule has 0 bridgehead atoms. The van der Waals surface area contributed by atoms with Crippen LogP contribution in [0.1, 0.15) is 45.4 Å². The third-order valence-electron chi connectivity index (χ3n) is 4.63. The average molecular weight is 235 g/mol. The molecule has 2 rings (SSSR count). The van der Waals surface area contributed by atoms with Gasteiger partial charge in [-0.2, -0.15) is 5.26 Å². The normalized spacial score (nSPS) is 25.9. The van der Waals surface area contributed by atoms with Gasteiger partial charge in [0.1, 0.15) is 6.04 Å². The first-order valence-corrected chi connectivity index (χ1v) is 7.13. The highest BCUT2D eigenvalue weighted by Crippen LogP contribution is 2.45. The third-order valence-corrected chi connectivity index (χ3v) is 4.63. The molecule has 17 heavy (non-hydrogen) atoms. The van der Waals surface area contributed by atoms with Gasteiger partial charge >= 0.3 is 0 Å². The number of hydrogen-bond donors (Lipinski definition) is 1. The molecule has 0 aromatic heterocycles. The lowest BCUT2D eigenvalue weighted by Gasteiger charge is -2.40. The minimum Gasteiger partial charge on any atom is -0.301 e. The van der Waals surface area contributed by atoms with Gasteiger partial charge in [-0.15, -0.1) is 0 Å². The Morgan fingerprint density at radius 2 is 1.88 bits per heavy atom. The fourth-order valence-corrected chi connectivity index (χ4v) is 3.49. The number of nitrogens with one attached hydrogen (secondary N) is 1. The van der Waals surface area contributed by atoms with Crippen molar-refractivity contribution in [2.45, 2.75) is 51.5 Å². The highest BCUT2D eigenvalue weighted by Gasteiger charge is 2.37. The molecule has 3 nitrogen and oxygen atoms in total. The van der Waals surface area contributed by atoms with E-state index < -0.39 is 0 Å². The van der Waals surface area contributed by atoms with Crippen LogP contribution in [0.15, 0.2) is 0 Å². The first kappa shape index (κ1) is 12.9. The fraction of sp³-hybridized carbons (Fsp3) is 0.929. The molecule has 0 aromatic carbocycles. The molecule has 96 valence electrons. The molecule has 0 aromatic rings. The quantitative estimate of drug-likeness (QED) is 0.811. The van der Waals surface area contributed by atoms with Crippen LogP contribution >= 0.6 is 0 Å². The summed E-state index contributed by atoms with van der Waals surface area (Å²) in [4.78, 5) is 2.47. The molecule has 2 aliphatic rings. The van der Waals surface area contributed by atoms with Crippen molar-refractivity contribution in [3.05, 3.63) is 0 Å². The van der Waals surface area contributed by atoms with Crippen molar-refractivity contribution in [1.29, 1.82) is 5.26 Å². The molecule has 0 radical (unpaired) electrons. The van der Waals surface area contributed by atoms with Gasteiger partial charge in [0, 0.05) is 6.54 Å². The van der Waals surface area contributed by atoms with Gasteiger partial charge in [0.25, 0.3) is 0 Å². The van der Waals surface area contributed by atoms with Crippen molar-refractivity contribution in [1.82, 2.24) is 10.2 Å². The lowest BCUT2D eigenvalue weighted by Crippen LogP contribution is -2.45. The van der Waals surface area contributed by atoms with E-state index in [1.165, 1.54) is 51.6 Å². The topological polar surface area (TPSA) is 39.1 Å². The Kier molecular flexibility index (Phi) is 4.42. The van der Waals surface area contributed by atoms with Crippen LogP contribution in [0, 0.1) is 16.7 Å². The second kappa shape index (κ2) is 5.84. The Morgan fingerprint density at radius 1 is 1.24 bits per heavy atom. The maximum absolute atomic E-state index is 9.05. The standard InChI is InChI=1S/C14H25N3/c1-2-16-13(11-15)12-17-9-7-14(8-10-17)5-3-4-6-14/h13,16H,2-10,12H2,1H3. The van der Waals surface area contributed by atoms with Crippen molar-refractivity contribution in [2.75, 3.05) is 26.2 Å². The average Bonchev–Trinajstić information content (AvgIpc) is 2.80. The number of nitrogens with zero attached hydrogens (tertiary/aromatic N) is 2. The molecule has 1 aliphatic carbocycles. The predicted octanol–water partition coefficient (Wildman–Crippen LogP) is 2.14. The summed E-state index contributed by atoms with van der Waals surface area (Å²) in [6.45, 7) is 6.25.